The molecule has 0 radical (unpaired) electrons. The van der Waals surface area contributed by atoms with Crippen molar-refractivity contribution in [2.75, 3.05) is 25.0 Å². The van der Waals surface area contributed by atoms with Gasteiger partial charge in [-0.15, -0.1) is 11.3 Å². The van der Waals surface area contributed by atoms with Gasteiger partial charge in [-0.05, 0) is 62.6 Å². The molecule has 3 rings (SSSR count). The van der Waals surface area contributed by atoms with Gasteiger partial charge >= 0.3 is 0 Å². The predicted molar refractivity (Wildman–Crippen MR) is 98.3 cm³/mol. The van der Waals surface area contributed by atoms with Gasteiger partial charge in [0, 0.05) is 17.8 Å². The molecule has 1 atom stereocenters. The molecule has 0 unspecified atom stereocenters. The maximum absolute atomic E-state index is 12.3. The molecule has 0 bridgehead atoms. The zero-order valence-corrected chi connectivity index (χ0v) is 15.5. The summed E-state index contributed by atoms with van der Waals surface area (Å²) in [5.74, 6) is 1.53. The lowest BCUT2D eigenvalue weighted by Crippen LogP contribution is -2.35. The summed E-state index contributed by atoms with van der Waals surface area (Å²) in [4.78, 5) is 16.0. The first-order valence-corrected chi connectivity index (χ1v) is 9.95. The van der Waals surface area contributed by atoms with Crippen molar-refractivity contribution in [1.29, 1.82) is 5.26 Å². The summed E-state index contributed by atoms with van der Waals surface area (Å²) in [5, 5.41) is 13.3. The van der Waals surface area contributed by atoms with Crippen molar-refractivity contribution in [2.24, 2.45) is 11.8 Å². The molecule has 1 fully saturated rings. The molecule has 0 aromatic carbocycles. The van der Waals surface area contributed by atoms with E-state index in [1.807, 2.05) is 0 Å². The van der Waals surface area contributed by atoms with Crippen LogP contribution in [-0.4, -0.2) is 30.4 Å². The summed E-state index contributed by atoms with van der Waals surface area (Å²) in [6.45, 7) is 7.58. The Morgan fingerprint density at radius 2 is 2.04 bits per heavy atom. The first kappa shape index (κ1) is 17.4. The Balaban J connectivity index is 1.57. The fraction of sp³-hybridized carbons (Fsp3) is 0.684. The number of hydrogen-bond donors (Lipinski definition) is 1. The van der Waals surface area contributed by atoms with E-state index in [0.717, 1.165) is 49.8 Å². The molecule has 1 aliphatic heterocycles. The minimum absolute atomic E-state index is 0.0387. The van der Waals surface area contributed by atoms with Gasteiger partial charge in [0.05, 0.1) is 5.56 Å². The van der Waals surface area contributed by atoms with Gasteiger partial charge in [0.2, 0.25) is 5.91 Å². The number of hydrogen-bond acceptors (Lipinski definition) is 4. The Labute approximate surface area is 148 Å². The number of carbonyl (C=O) groups is 1. The molecular weight excluding hydrogens is 318 g/mol. The zero-order chi connectivity index (χ0) is 17.1. The number of nitrogens with zero attached hydrogens (tertiary/aromatic N) is 2. The predicted octanol–water partition coefficient (Wildman–Crippen LogP) is 3.81. The lowest BCUT2D eigenvalue weighted by Gasteiger charge is -2.29. The lowest BCUT2D eigenvalue weighted by atomic mass is 9.89. The highest BCUT2D eigenvalue weighted by Crippen LogP contribution is 2.39. The lowest BCUT2D eigenvalue weighted by molar-refractivity contribution is -0.116. The molecular formula is C19H27N3OS. The highest BCUT2D eigenvalue weighted by Gasteiger charge is 2.25. The number of piperidine rings is 1. The summed E-state index contributed by atoms with van der Waals surface area (Å²) < 4.78 is 0. The second-order valence-corrected chi connectivity index (χ2v) is 8.60. The van der Waals surface area contributed by atoms with Crippen molar-refractivity contribution in [3.63, 3.8) is 0 Å². The number of amides is 1. The molecule has 2 aliphatic rings. The Hall–Kier alpha value is -1.38. The first-order valence-electron chi connectivity index (χ1n) is 9.13. The summed E-state index contributed by atoms with van der Waals surface area (Å²) in [6.07, 6.45) is 6.12. The fourth-order valence-corrected chi connectivity index (χ4v) is 5.07. The molecule has 130 valence electrons. The third-order valence-corrected chi connectivity index (χ3v) is 6.58. The van der Waals surface area contributed by atoms with Gasteiger partial charge < -0.3 is 10.2 Å². The average molecular weight is 346 g/mol. The van der Waals surface area contributed by atoms with Crippen molar-refractivity contribution in [1.82, 2.24) is 4.90 Å². The van der Waals surface area contributed by atoms with Crippen molar-refractivity contribution >= 4 is 22.2 Å². The largest absolute Gasteiger partial charge is 0.317 e. The summed E-state index contributed by atoms with van der Waals surface area (Å²) in [7, 11) is 0. The molecule has 1 aliphatic carbocycles. The van der Waals surface area contributed by atoms with E-state index < -0.39 is 0 Å². The van der Waals surface area contributed by atoms with Gasteiger partial charge in [-0.25, -0.2) is 0 Å². The fourth-order valence-electron chi connectivity index (χ4n) is 3.69. The van der Waals surface area contributed by atoms with E-state index in [2.05, 4.69) is 30.1 Å². The van der Waals surface area contributed by atoms with E-state index in [4.69, 9.17) is 0 Å². The minimum atomic E-state index is 0.0387. The van der Waals surface area contributed by atoms with Crippen LogP contribution in [0.15, 0.2) is 0 Å². The van der Waals surface area contributed by atoms with E-state index in [9.17, 15) is 10.1 Å². The molecule has 1 saturated heterocycles. The van der Waals surface area contributed by atoms with Crippen LogP contribution in [0, 0.1) is 23.2 Å². The topological polar surface area (TPSA) is 56.1 Å². The van der Waals surface area contributed by atoms with Gasteiger partial charge in [-0.2, -0.15) is 5.26 Å². The Bertz CT molecular complexity index is 638. The molecule has 1 amide bonds. The smallest absolute Gasteiger partial charge is 0.226 e. The number of nitriles is 1. The number of anilines is 1. The molecule has 0 saturated carbocycles. The average Bonchev–Trinajstić information content (AvgIpc) is 2.90. The molecule has 4 nitrogen and oxygen atoms in total. The third kappa shape index (κ3) is 3.99. The van der Waals surface area contributed by atoms with Crippen LogP contribution in [0.2, 0.25) is 0 Å². The van der Waals surface area contributed by atoms with Gasteiger partial charge in [0.25, 0.3) is 0 Å². The van der Waals surface area contributed by atoms with Crippen molar-refractivity contribution in [3.8, 4) is 6.07 Å². The second kappa shape index (κ2) is 7.67. The number of carbonyl (C=O) groups excluding carboxylic acids is 1. The van der Waals surface area contributed by atoms with Crippen molar-refractivity contribution in [3.05, 3.63) is 16.0 Å². The minimum Gasteiger partial charge on any atom is -0.317 e. The van der Waals surface area contributed by atoms with E-state index in [-0.39, 0.29) is 5.91 Å². The number of rotatable bonds is 4. The van der Waals surface area contributed by atoms with E-state index in [0.29, 0.717) is 17.9 Å². The van der Waals surface area contributed by atoms with Crippen molar-refractivity contribution < 1.29 is 4.79 Å². The van der Waals surface area contributed by atoms with Gasteiger partial charge in [0.1, 0.15) is 11.1 Å². The third-order valence-electron chi connectivity index (χ3n) is 5.41. The van der Waals surface area contributed by atoms with Crippen LogP contribution in [0.4, 0.5) is 5.00 Å². The Morgan fingerprint density at radius 1 is 1.29 bits per heavy atom. The SMILES string of the molecule is CC1CCN(CCC(=O)Nc2sc3c(c2C#N)CC[C@@H](C)C3)CC1. The molecule has 0 spiro atoms. The van der Waals surface area contributed by atoms with Crippen LogP contribution >= 0.6 is 11.3 Å². The molecule has 1 aromatic rings. The van der Waals surface area contributed by atoms with Gasteiger partial charge in [0.15, 0.2) is 0 Å². The highest BCUT2D eigenvalue weighted by atomic mass is 32.1. The maximum atomic E-state index is 12.3. The molecule has 24 heavy (non-hydrogen) atoms. The normalized spacial score (nSPS) is 22.0. The molecule has 2 heterocycles. The maximum Gasteiger partial charge on any atom is 0.226 e. The van der Waals surface area contributed by atoms with E-state index in [1.165, 1.54) is 23.3 Å². The molecule has 1 N–H and O–H groups in total. The Kier molecular flexibility index (Phi) is 5.57. The monoisotopic (exact) mass is 345 g/mol. The van der Waals surface area contributed by atoms with Gasteiger partial charge in [-0.1, -0.05) is 13.8 Å². The number of fused-ring (bicyclic) bond motifs is 1. The van der Waals surface area contributed by atoms with Gasteiger partial charge in [-0.3, -0.25) is 4.79 Å². The van der Waals surface area contributed by atoms with Crippen LogP contribution in [0.1, 0.15) is 55.5 Å². The van der Waals surface area contributed by atoms with Crippen LogP contribution in [-0.2, 0) is 17.6 Å². The highest BCUT2D eigenvalue weighted by molar-refractivity contribution is 7.16. The van der Waals surface area contributed by atoms with Crippen LogP contribution in [0.5, 0.6) is 0 Å². The van der Waals surface area contributed by atoms with Crippen LogP contribution in [0.3, 0.4) is 0 Å². The summed E-state index contributed by atoms with van der Waals surface area (Å²) in [5.41, 5.74) is 1.89. The number of nitrogens with one attached hydrogen (secondary N) is 1. The second-order valence-electron chi connectivity index (χ2n) is 7.49. The number of likely N-dealkylation sites (tertiary alicyclic amines) is 1. The Morgan fingerprint density at radius 3 is 2.75 bits per heavy atom. The zero-order valence-electron chi connectivity index (χ0n) is 14.7. The summed E-state index contributed by atoms with van der Waals surface area (Å²) in [6, 6.07) is 2.32. The summed E-state index contributed by atoms with van der Waals surface area (Å²) >= 11 is 1.61. The van der Waals surface area contributed by atoms with Crippen LogP contribution < -0.4 is 5.32 Å². The van der Waals surface area contributed by atoms with E-state index in [1.54, 1.807) is 11.3 Å². The number of thiophene rings is 1. The molecule has 1 aromatic heterocycles. The van der Waals surface area contributed by atoms with E-state index >= 15 is 0 Å². The first-order chi connectivity index (χ1) is 11.6. The van der Waals surface area contributed by atoms with Crippen LogP contribution in [0.25, 0.3) is 0 Å². The standard InChI is InChI=1S/C19H27N3OS/c1-13-5-8-22(9-6-13)10-7-18(23)21-19-16(12-20)15-4-3-14(2)11-17(15)24-19/h13-14H,3-11H2,1-2H3,(H,21,23)/t14-/m1/s1. The van der Waals surface area contributed by atoms with Crippen molar-refractivity contribution in [2.45, 2.75) is 52.4 Å². The molecule has 5 heteroatoms. The quantitative estimate of drug-likeness (QED) is 0.903.